The molecule has 0 radical (unpaired) electrons. The largest absolute Gasteiger partial charge is 0.481 e. The number of thioether (sulfide) groups is 3. The molecule has 0 unspecified atom stereocenters. The van der Waals surface area contributed by atoms with Crippen LogP contribution in [0.25, 0.3) is 0 Å². The van der Waals surface area contributed by atoms with Crippen LogP contribution < -0.4 is 21.7 Å². The van der Waals surface area contributed by atoms with E-state index in [1.54, 1.807) is 51.9 Å². The summed E-state index contributed by atoms with van der Waals surface area (Å²) in [6, 6.07) is 8.18. The predicted molar refractivity (Wildman–Crippen MR) is 357 cm³/mol. The normalized spacial score (nSPS) is 23.8. The van der Waals surface area contributed by atoms with Gasteiger partial charge in [-0.2, -0.15) is 35.3 Å². The third-order valence-electron chi connectivity index (χ3n) is 17.3. The van der Waals surface area contributed by atoms with Gasteiger partial charge in [0.25, 0.3) is 0 Å². The number of ketones is 3. The number of benzene rings is 2. The van der Waals surface area contributed by atoms with Crippen molar-refractivity contribution in [1.82, 2.24) is 40.4 Å². The average molecular weight is 1370 g/mol. The highest BCUT2D eigenvalue weighted by molar-refractivity contribution is 7.99. The van der Waals surface area contributed by atoms with Crippen LogP contribution in [0.3, 0.4) is 0 Å². The molecule has 6 amide bonds. The van der Waals surface area contributed by atoms with Gasteiger partial charge in [0.05, 0.1) is 43.6 Å². The van der Waals surface area contributed by atoms with E-state index in [0.717, 1.165) is 29.5 Å². The minimum atomic E-state index is -1.68. The number of aliphatic carboxylic acids is 3. The molecular weight excluding hydrogens is 1270 g/mol. The molecule has 4 heterocycles. The maximum atomic E-state index is 14.9. The smallest absolute Gasteiger partial charge is 0.317 e. The highest BCUT2D eigenvalue weighted by Gasteiger charge is 2.45. The van der Waals surface area contributed by atoms with Crippen molar-refractivity contribution in [2.24, 2.45) is 17.6 Å². The van der Waals surface area contributed by atoms with Crippen LogP contribution >= 0.6 is 35.3 Å². The van der Waals surface area contributed by atoms with E-state index in [2.05, 4.69) is 22.0 Å². The molecule has 2 aromatic rings. The third-order valence-corrected chi connectivity index (χ3v) is 20.8. The zero-order valence-corrected chi connectivity index (χ0v) is 56.5. The van der Waals surface area contributed by atoms with Gasteiger partial charge in [0.2, 0.25) is 35.4 Å². The molecule has 3 saturated heterocycles. The molecule has 8 atom stereocenters. The molecule has 0 aromatic heterocycles. The van der Waals surface area contributed by atoms with Crippen molar-refractivity contribution in [2.45, 2.75) is 164 Å². The van der Waals surface area contributed by atoms with Gasteiger partial charge in [-0.15, -0.1) is 0 Å². The predicted octanol–water partition coefficient (Wildman–Crippen LogP) is 2.98. The molecule has 4 aliphatic rings. The minimum Gasteiger partial charge on any atom is -0.481 e. The minimum absolute atomic E-state index is 0.00459. The highest BCUT2D eigenvalue weighted by Crippen LogP contribution is 2.31. The molecule has 2 bridgehead atoms. The number of aliphatic hydroxyl groups excluding tert-OH is 1. The fourth-order valence-corrected chi connectivity index (χ4v) is 15.3. The summed E-state index contributed by atoms with van der Waals surface area (Å²) in [4.78, 5) is 171. The van der Waals surface area contributed by atoms with Crippen molar-refractivity contribution in [3.8, 4) is 0 Å². The fourth-order valence-electron chi connectivity index (χ4n) is 12.3. The number of Topliss-reactive ketones (excluding diaryl/α,β-unsaturated/α-hetero) is 3. The monoisotopic (exact) mass is 1370 g/mol. The molecule has 25 nitrogen and oxygen atoms in total. The number of carbonyl (C=O) groups is 12. The van der Waals surface area contributed by atoms with Crippen LogP contribution in [0.1, 0.15) is 126 Å². The first-order valence-electron chi connectivity index (χ1n) is 32.7. The number of carbonyl (C=O) groups excluding carboxylic acids is 9. The summed E-state index contributed by atoms with van der Waals surface area (Å²) < 4.78 is 0. The quantitative estimate of drug-likeness (QED) is 0.0662. The van der Waals surface area contributed by atoms with Crippen molar-refractivity contribution in [3.63, 3.8) is 0 Å². The SMILES string of the molecule is CCCCCC(=O)C[C@H]1CSCc2cc(CSCCCC(=O)CN3CCN(CC(=O)O)CCN(CC(=O)O)CC3)cc(c2)CSC[C@@H](C(=O)O)CC(=O)[C@H](Cc2ccccc2)NC(=O)[C@H](CCC(N)=O)NC(=O)[C@H]([C@@H](C)O)NC(=O)[C@@H]2CCCN2C(=O)[C@@H]2CCCN2C1=O. The van der Waals surface area contributed by atoms with Gasteiger partial charge in [0, 0.05) is 113 Å². The number of nitrogens with one attached hydrogen (secondary N) is 3. The topological polar surface area (TPSA) is 364 Å². The Kier molecular flexibility index (Phi) is 32.2. The second-order valence-corrected chi connectivity index (χ2v) is 28.2. The lowest BCUT2D eigenvalue weighted by Gasteiger charge is -2.33. The number of fused-ring (bicyclic) bond motifs is 4. The third kappa shape index (κ3) is 25.6. The Balaban J connectivity index is 1.27. The van der Waals surface area contributed by atoms with Crippen LogP contribution in [-0.4, -0.2) is 241 Å². The Bertz CT molecular complexity index is 2920. The summed E-state index contributed by atoms with van der Waals surface area (Å²) in [6.07, 6.45) is 2.06. The van der Waals surface area contributed by atoms with Gasteiger partial charge in [0.15, 0.2) is 5.78 Å². The summed E-state index contributed by atoms with van der Waals surface area (Å²) >= 11 is 4.40. The van der Waals surface area contributed by atoms with Gasteiger partial charge in [-0.1, -0.05) is 68.3 Å². The second-order valence-electron chi connectivity index (χ2n) is 25.0. The molecule has 6 rings (SSSR count). The van der Waals surface area contributed by atoms with E-state index in [4.69, 9.17) is 5.73 Å². The van der Waals surface area contributed by atoms with E-state index in [0.29, 0.717) is 106 Å². The van der Waals surface area contributed by atoms with Crippen molar-refractivity contribution < 1.29 is 78.0 Å². The van der Waals surface area contributed by atoms with Crippen LogP contribution in [-0.2, 0) is 81.2 Å². The van der Waals surface area contributed by atoms with E-state index < -0.39 is 114 Å². The maximum absolute atomic E-state index is 14.9. The first-order valence-corrected chi connectivity index (χ1v) is 36.2. The number of primary amides is 1. The van der Waals surface area contributed by atoms with Gasteiger partial charge < -0.3 is 51.9 Å². The summed E-state index contributed by atoms with van der Waals surface area (Å²) in [7, 11) is 0. The first kappa shape index (κ1) is 76.6. The zero-order chi connectivity index (χ0) is 68.3. The molecule has 518 valence electrons. The number of aliphatic hydroxyl groups is 1. The number of unbranched alkanes of at least 4 members (excludes halogenated alkanes) is 2. The number of amides is 6. The van der Waals surface area contributed by atoms with Crippen LogP contribution in [0.15, 0.2) is 48.5 Å². The van der Waals surface area contributed by atoms with Gasteiger partial charge in [-0.3, -0.25) is 72.2 Å². The molecule has 9 N–H and O–H groups in total. The van der Waals surface area contributed by atoms with Crippen molar-refractivity contribution in [3.05, 3.63) is 70.8 Å². The molecule has 0 spiro atoms. The first-order chi connectivity index (χ1) is 45.0. The van der Waals surface area contributed by atoms with Crippen LogP contribution in [0.4, 0.5) is 0 Å². The number of nitrogens with zero attached hydrogens (tertiary/aromatic N) is 5. The summed E-state index contributed by atoms with van der Waals surface area (Å²) in [5, 5.41) is 48.4. The molecular formula is C66H95N9O16S3. The molecule has 4 aliphatic heterocycles. The van der Waals surface area contributed by atoms with Crippen LogP contribution in [0, 0.1) is 11.8 Å². The van der Waals surface area contributed by atoms with E-state index in [1.165, 1.54) is 40.2 Å². The van der Waals surface area contributed by atoms with Gasteiger partial charge in [-0.25, -0.2) is 0 Å². The molecule has 3 fully saturated rings. The summed E-state index contributed by atoms with van der Waals surface area (Å²) in [5.41, 5.74) is 8.83. The van der Waals surface area contributed by atoms with E-state index in [1.807, 2.05) is 24.0 Å². The van der Waals surface area contributed by atoms with Crippen molar-refractivity contribution in [1.29, 1.82) is 0 Å². The summed E-state index contributed by atoms with van der Waals surface area (Å²) in [6.45, 7) is 5.91. The second kappa shape index (κ2) is 39.6. The number of carboxylic acid groups (broad SMARTS) is 3. The van der Waals surface area contributed by atoms with Crippen molar-refractivity contribution >= 4 is 106 Å². The van der Waals surface area contributed by atoms with Crippen LogP contribution in [0.5, 0.6) is 0 Å². The average Bonchev–Trinajstić information content (AvgIpc) is 1.61. The lowest BCUT2D eigenvalue weighted by atomic mass is 9.95. The molecule has 0 aliphatic carbocycles. The molecule has 2 aromatic carbocycles. The van der Waals surface area contributed by atoms with E-state index in [-0.39, 0.29) is 93.8 Å². The summed E-state index contributed by atoms with van der Waals surface area (Å²) in [5.74, 6) is -8.11. The number of hydrogen-bond acceptors (Lipinski definition) is 19. The lowest BCUT2D eigenvalue weighted by molar-refractivity contribution is -0.148. The Labute approximate surface area is 562 Å². The standard InChI is InChI=1S/C66H95N9O16S3/c1-3-4-6-14-50(77)33-48-41-93-39-46-29-45(38-92-28-11-15-51(78)35-71-22-24-72(36-58(81)82)26-27-73(25-23-71)37-59(83)84)30-47(31-46)40-94-42-49(66(90)91)34-56(79)53(32-44-12-7-5-8-13-44)69-61(85)52(18-19-57(67)80)68-63(87)60(43(2)76)70-62(86)54-16-9-20-74(54)65(89)55-17-10-21-75(55)64(48)88/h5,7-8,12-13,29-31,43,48-49,52-55,60,76H,3-4,6,9-11,14-28,32-42H2,1-2H3,(H2,67,80)(H,68,87)(H,69,85)(H,70,86)(H,81,82)(H,83,84)(H,90,91)/t43-,48+,49+,52+,53+,54+,55+,60+/m1/s1. The van der Waals surface area contributed by atoms with Crippen molar-refractivity contribution in [2.75, 3.05) is 89.3 Å². The zero-order valence-electron chi connectivity index (χ0n) is 54.1. The Morgan fingerprint density at radius 3 is 1.80 bits per heavy atom. The van der Waals surface area contributed by atoms with E-state index >= 15 is 0 Å². The van der Waals surface area contributed by atoms with Gasteiger partial charge in [-0.05, 0) is 86.3 Å². The number of hydrogen-bond donors (Lipinski definition) is 8. The molecule has 28 heteroatoms. The Morgan fingerprint density at radius 1 is 0.638 bits per heavy atom. The maximum Gasteiger partial charge on any atom is 0.317 e. The highest BCUT2D eigenvalue weighted by atomic mass is 32.2. The van der Waals surface area contributed by atoms with Gasteiger partial charge >= 0.3 is 17.9 Å². The Morgan fingerprint density at radius 2 is 1.21 bits per heavy atom. The number of carboxylic acids is 3. The van der Waals surface area contributed by atoms with Crippen LogP contribution in [0.2, 0.25) is 0 Å². The Hall–Kier alpha value is -6.43. The fraction of sp³-hybridized carbons (Fsp3) is 0.636. The molecule has 94 heavy (non-hydrogen) atoms. The lowest BCUT2D eigenvalue weighted by Crippen LogP contribution is -2.61. The molecule has 0 saturated carbocycles. The number of nitrogens with two attached hydrogens (primary N) is 1. The number of rotatable bonds is 25. The van der Waals surface area contributed by atoms with Gasteiger partial charge in [0.1, 0.15) is 35.7 Å². The van der Waals surface area contributed by atoms with E-state index in [9.17, 15) is 78.0 Å².